The molecule has 0 bridgehead atoms. The summed E-state index contributed by atoms with van der Waals surface area (Å²) in [4.78, 5) is 50.8. The van der Waals surface area contributed by atoms with Gasteiger partial charge in [0.1, 0.15) is 11.7 Å². The van der Waals surface area contributed by atoms with E-state index in [4.69, 9.17) is 16.0 Å². The highest BCUT2D eigenvalue weighted by Gasteiger charge is 2.39. The fraction of sp³-hybridized carbons (Fsp3) is 0.391. The number of aromatic amines is 2. The first-order valence-corrected chi connectivity index (χ1v) is 13.8. The van der Waals surface area contributed by atoms with Gasteiger partial charge < -0.3 is 31.0 Å². The Bertz CT molecular complexity index is 1630. The van der Waals surface area contributed by atoms with Gasteiger partial charge in [-0.3, -0.25) is 19.4 Å². The smallest absolute Gasteiger partial charge is 0.332 e. The molecule has 2 atom stereocenters. The summed E-state index contributed by atoms with van der Waals surface area (Å²) >= 11 is 0. The van der Waals surface area contributed by atoms with Gasteiger partial charge in [-0.1, -0.05) is 5.11 Å². The van der Waals surface area contributed by atoms with E-state index in [1.807, 2.05) is 0 Å². The minimum absolute atomic E-state index is 0.0158. The topological polar surface area (TPSA) is 241 Å². The van der Waals surface area contributed by atoms with Crippen LogP contribution in [0.5, 0.6) is 0 Å². The number of aromatic nitrogens is 3. The van der Waals surface area contributed by atoms with E-state index in [9.17, 15) is 26.7 Å². The summed E-state index contributed by atoms with van der Waals surface area (Å²) in [5.74, 6) is -1.05. The van der Waals surface area contributed by atoms with Gasteiger partial charge in [0.15, 0.2) is 0 Å². The average Bonchev–Trinajstić information content (AvgIpc) is 3.54. The lowest BCUT2D eigenvalue weighted by atomic mass is 10.1. The van der Waals surface area contributed by atoms with E-state index in [1.165, 1.54) is 4.90 Å². The predicted octanol–water partition coefficient (Wildman–Crippen LogP) is 0.308. The summed E-state index contributed by atoms with van der Waals surface area (Å²) in [5, 5.41) is 9.89. The van der Waals surface area contributed by atoms with Crippen LogP contribution >= 0.6 is 0 Å². The third kappa shape index (κ3) is 7.17. The first-order valence-electron chi connectivity index (χ1n) is 12.4. The lowest BCUT2D eigenvalue weighted by Crippen LogP contribution is -2.46. The molecule has 1 aliphatic heterocycles. The zero-order chi connectivity index (χ0) is 29.6. The Hall–Kier alpha value is -4.51. The molecular formula is C23H27FN10O6S. The lowest BCUT2D eigenvalue weighted by Gasteiger charge is -2.24. The number of H-pyrrole nitrogens is 2. The molecule has 0 aliphatic carbocycles. The van der Waals surface area contributed by atoms with E-state index in [-0.39, 0.29) is 43.2 Å². The molecule has 18 heteroatoms. The Labute approximate surface area is 232 Å². The Morgan fingerprint density at radius 1 is 1.27 bits per heavy atom. The van der Waals surface area contributed by atoms with Crippen molar-refractivity contribution in [1.82, 2.24) is 30.5 Å². The number of benzene rings is 1. The molecule has 4 rings (SSSR count). The molecule has 218 valence electrons. The minimum Gasteiger partial charge on any atom is -0.378 e. The van der Waals surface area contributed by atoms with Crippen LogP contribution in [-0.2, 0) is 26.3 Å². The number of likely N-dealkylation sites (tertiary alicyclic amines) is 1. The summed E-state index contributed by atoms with van der Waals surface area (Å²) in [5.41, 5.74) is 15.2. The Balaban J connectivity index is 1.23. The van der Waals surface area contributed by atoms with Crippen LogP contribution in [0.2, 0.25) is 0 Å². The van der Waals surface area contributed by atoms with E-state index < -0.39 is 39.0 Å². The number of fused-ring (bicyclic) bond motifs is 1. The van der Waals surface area contributed by atoms with E-state index >= 15 is 0 Å². The summed E-state index contributed by atoms with van der Waals surface area (Å²) in [6.07, 6.45) is 1.77. The number of nitrogens with zero attached hydrogens (tertiary/aromatic N) is 5. The first-order chi connectivity index (χ1) is 19.6. The molecule has 0 saturated carbocycles. The number of ether oxygens (including phenoxy) is 1. The highest BCUT2D eigenvalue weighted by Crippen LogP contribution is 2.24. The number of nitrogen functional groups attached to an aromatic ring is 1. The molecule has 2 amide bonds. The standard InChI is InChI=1S/C23H27FN10O6S/c24-41(38,39)16-3-1-13(2-4-16)22(37)34-12-15(32-33-26)9-17(34)20(35)28-6-8-40-7-5-27-10-14-11-29-19-18(14)21(36)31-23(25)30-19/h1-4,11,15,17,27H,5-10,12H2,(H,28,35)(H4,25,29,30,31,36)/t15?,17-/m0/s1. The number of nitrogens with one attached hydrogen (secondary N) is 4. The number of azide groups is 1. The van der Waals surface area contributed by atoms with Gasteiger partial charge in [-0.25, -0.2) is 0 Å². The van der Waals surface area contributed by atoms with Crippen molar-refractivity contribution in [2.45, 2.75) is 29.9 Å². The second kappa shape index (κ2) is 12.8. The Morgan fingerprint density at radius 3 is 2.71 bits per heavy atom. The monoisotopic (exact) mass is 590 g/mol. The van der Waals surface area contributed by atoms with Crippen molar-refractivity contribution < 1.29 is 26.6 Å². The van der Waals surface area contributed by atoms with Crippen molar-refractivity contribution >= 4 is 39.0 Å². The summed E-state index contributed by atoms with van der Waals surface area (Å²) in [6, 6.07) is 2.64. The lowest BCUT2D eigenvalue weighted by molar-refractivity contribution is -0.125. The van der Waals surface area contributed by atoms with Crippen molar-refractivity contribution in [1.29, 1.82) is 0 Å². The van der Waals surface area contributed by atoms with Crippen molar-refractivity contribution in [2.75, 3.05) is 38.6 Å². The first kappa shape index (κ1) is 29.5. The van der Waals surface area contributed by atoms with Crippen molar-refractivity contribution in [3.63, 3.8) is 0 Å². The largest absolute Gasteiger partial charge is 0.378 e. The third-order valence-corrected chi connectivity index (χ3v) is 7.20. The molecule has 3 aromatic rings. The van der Waals surface area contributed by atoms with Gasteiger partial charge in [0.05, 0.1) is 29.5 Å². The highest BCUT2D eigenvalue weighted by atomic mass is 32.3. The number of hydrogen-bond acceptors (Lipinski definition) is 10. The van der Waals surface area contributed by atoms with Gasteiger partial charge in [0, 0.05) is 42.9 Å². The molecule has 1 aliphatic rings. The van der Waals surface area contributed by atoms with E-state index in [1.54, 1.807) is 6.20 Å². The molecule has 3 heterocycles. The van der Waals surface area contributed by atoms with Crippen LogP contribution in [0.1, 0.15) is 22.3 Å². The van der Waals surface area contributed by atoms with Crippen LogP contribution in [0.15, 0.2) is 45.3 Å². The zero-order valence-electron chi connectivity index (χ0n) is 21.5. The number of anilines is 1. The molecule has 1 fully saturated rings. The second-order valence-electron chi connectivity index (χ2n) is 9.10. The maximum absolute atomic E-state index is 13.2. The molecule has 41 heavy (non-hydrogen) atoms. The van der Waals surface area contributed by atoms with E-state index in [0.717, 1.165) is 29.8 Å². The van der Waals surface area contributed by atoms with E-state index in [0.29, 0.717) is 30.7 Å². The van der Waals surface area contributed by atoms with Crippen LogP contribution in [-0.4, -0.2) is 85.0 Å². The molecule has 0 spiro atoms. The molecule has 0 radical (unpaired) electrons. The van der Waals surface area contributed by atoms with Crippen LogP contribution in [0.3, 0.4) is 0 Å². The van der Waals surface area contributed by atoms with Crippen LogP contribution in [0, 0.1) is 0 Å². The Kier molecular flexibility index (Phi) is 9.18. The summed E-state index contributed by atoms with van der Waals surface area (Å²) in [7, 11) is -4.93. The number of carbonyl (C=O) groups excluding carboxylic acids is 2. The maximum atomic E-state index is 13.2. The third-order valence-electron chi connectivity index (χ3n) is 6.37. The van der Waals surface area contributed by atoms with Gasteiger partial charge >= 0.3 is 10.2 Å². The SMILES string of the molecule is [N-]=[N+]=NC1C[C@@H](C(=O)NCCOCCNCc2c[nH]c3nc(N)[nH]c(=O)c23)N(C(=O)c2ccc(S(=O)(=O)F)cc2)C1. The molecule has 1 unspecified atom stereocenters. The molecule has 16 nitrogen and oxygen atoms in total. The number of halogens is 1. The quantitative estimate of drug-likeness (QED) is 0.0640. The van der Waals surface area contributed by atoms with Crippen molar-refractivity contribution in [2.24, 2.45) is 5.11 Å². The van der Waals surface area contributed by atoms with Gasteiger partial charge in [0.2, 0.25) is 11.9 Å². The van der Waals surface area contributed by atoms with Crippen molar-refractivity contribution in [3.05, 3.63) is 62.4 Å². The second-order valence-corrected chi connectivity index (χ2v) is 10.4. The van der Waals surface area contributed by atoms with Crippen LogP contribution in [0.25, 0.3) is 21.5 Å². The maximum Gasteiger partial charge on any atom is 0.332 e. The number of hydrogen-bond donors (Lipinski definition) is 5. The average molecular weight is 591 g/mol. The number of carbonyl (C=O) groups is 2. The number of rotatable bonds is 12. The summed E-state index contributed by atoms with van der Waals surface area (Å²) in [6.45, 7) is 1.48. The molecule has 6 N–H and O–H groups in total. The minimum atomic E-state index is -4.93. The normalized spacial score (nSPS) is 17.0. The van der Waals surface area contributed by atoms with Crippen LogP contribution in [0.4, 0.5) is 9.83 Å². The van der Waals surface area contributed by atoms with Gasteiger partial charge in [0.25, 0.3) is 11.5 Å². The molecular weight excluding hydrogens is 563 g/mol. The van der Waals surface area contributed by atoms with Gasteiger partial charge in [-0.15, -0.1) is 3.89 Å². The van der Waals surface area contributed by atoms with Gasteiger partial charge in [-0.2, -0.15) is 13.4 Å². The van der Waals surface area contributed by atoms with Gasteiger partial charge in [-0.05, 0) is 41.8 Å². The highest BCUT2D eigenvalue weighted by molar-refractivity contribution is 7.86. The Morgan fingerprint density at radius 2 is 2.00 bits per heavy atom. The van der Waals surface area contributed by atoms with E-state index in [2.05, 4.69) is 35.6 Å². The fourth-order valence-corrected chi connectivity index (χ4v) is 4.92. The molecule has 1 saturated heterocycles. The zero-order valence-corrected chi connectivity index (χ0v) is 22.4. The van der Waals surface area contributed by atoms with Crippen molar-refractivity contribution in [3.8, 4) is 0 Å². The number of nitrogens with two attached hydrogens (primary N) is 1. The summed E-state index contributed by atoms with van der Waals surface area (Å²) < 4.78 is 40.8. The molecule has 2 aromatic heterocycles. The fourth-order valence-electron chi connectivity index (χ4n) is 4.46. The predicted molar refractivity (Wildman–Crippen MR) is 144 cm³/mol. The van der Waals surface area contributed by atoms with Crippen LogP contribution < -0.4 is 21.9 Å². The molecule has 1 aromatic carbocycles. The number of amides is 2.